The third kappa shape index (κ3) is 5.28. The van der Waals surface area contributed by atoms with Crippen LogP contribution in [-0.4, -0.2) is 65.4 Å². The number of fused-ring (bicyclic) bond motifs is 1. The molecule has 0 aliphatic carbocycles. The molecule has 0 N–H and O–H groups in total. The molecule has 2 saturated heterocycles. The summed E-state index contributed by atoms with van der Waals surface area (Å²) in [6, 6.07) is 9.07. The largest absolute Gasteiger partial charge is 0.573 e. The van der Waals surface area contributed by atoms with Crippen molar-refractivity contribution in [2.24, 2.45) is 0 Å². The molecule has 0 radical (unpaired) electrons. The van der Waals surface area contributed by atoms with Crippen LogP contribution in [-0.2, 0) is 11.3 Å². The smallest absolute Gasteiger partial charge is 0.403 e. The Kier molecular flexibility index (Phi) is 6.60. The van der Waals surface area contributed by atoms with Crippen LogP contribution in [0.15, 0.2) is 42.7 Å². The molecule has 0 saturated carbocycles. The molecule has 7 nitrogen and oxygen atoms in total. The van der Waals surface area contributed by atoms with Crippen molar-refractivity contribution < 1.29 is 22.6 Å². The number of hydrogen-bond acceptors (Lipinski definition) is 6. The van der Waals surface area contributed by atoms with E-state index < -0.39 is 6.36 Å². The molecule has 0 unspecified atom stereocenters. The first-order valence-electron chi connectivity index (χ1n) is 11.7. The van der Waals surface area contributed by atoms with E-state index in [4.69, 9.17) is 9.84 Å². The van der Waals surface area contributed by atoms with E-state index in [1.54, 1.807) is 18.3 Å². The van der Waals surface area contributed by atoms with Crippen LogP contribution in [0.4, 0.5) is 18.9 Å². The second kappa shape index (κ2) is 9.79. The number of rotatable bonds is 5. The molecule has 5 rings (SSSR count). The van der Waals surface area contributed by atoms with Crippen molar-refractivity contribution in [1.82, 2.24) is 19.7 Å². The molecule has 10 heteroatoms. The normalized spacial score (nSPS) is 18.9. The lowest BCUT2D eigenvalue weighted by Gasteiger charge is -2.27. The van der Waals surface area contributed by atoms with Crippen LogP contribution in [0.1, 0.15) is 31.0 Å². The number of hydrogen-bond donors (Lipinski definition) is 0. The van der Waals surface area contributed by atoms with Crippen LogP contribution in [0, 0.1) is 0 Å². The molecule has 182 valence electrons. The minimum absolute atomic E-state index is 0.206. The average molecular weight is 476 g/mol. The number of alkyl halides is 3. The molecule has 3 aromatic rings. The van der Waals surface area contributed by atoms with Gasteiger partial charge >= 0.3 is 6.36 Å². The van der Waals surface area contributed by atoms with Crippen LogP contribution in [0.5, 0.6) is 5.75 Å². The molecule has 2 aromatic heterocycles. The van der Waals surface area contributed by atoms with Gasteiger partial charge in [-0.25, -0.2) is 0 Å². The Morgan fingerprint density at radius 1 is 1.03 bits per heavy atom. The average Bonchev–Trinajstić information content (AvgIpc) is 3.17. The van der Waals surface area contributed by atoms with E-state index in [2.05, 4.69) is 20.7 Å². The molecule has 2 fully saturated rings. The standard InChI is InChI=1S/C24H28F3N5O2/c25-24(26,27)34-21-5-4-18-3-1-9-28-22(18)23(21)31-11-2-10-30(13-14-31)17-19-6-12-32(29-19)20-7-15-33-16-8-20/h1,3-6,9,12,20H,2,7-8,10-11,13-17H2. The first-order chi connectivity index (χ1) is 16.5. The van der Waals surface area contributed by atoms with Gasteiger partial charge in [0.25, 0.3) is 0 Å². The van der Waals surface area contributed by atoms with Crippen molar-refractivity contribution >= 4 is 16.6 Å². The zero-order valence-electron chi connectivity index (χ0n) is 18.9. The quantitative estimate of drug-likeness (QED) is 0.546. The topological polar surface area (TPSA) is 55.7 Å². The Morgan fingerprint density at radius 3 is 2.71 bits per heavy atom. The van der Waals surface area contributed by atoms with Crippen LogP contribution in [0.25, 0.3) is 10.9 Å². The van der Waals surface area contributed by atoms with Gasteiger partial charge in [0.2, 0.25) is 0 Å². The third-order valence-corrected chi connectivity index (χ3v) is 6.46. The number of aromatic nitrogens is 3. The number of benzene rings is 1. The van der Waals surface area contributed by atoms with Gasteiger partial charge in [0.05, 0.1) is 17.3 Å². The minimum Gasteiger partial charge on any atom is -0.403 e. The molecule has 1 aromatic carbocycles. The van der Waals surface area contributed by atoms with E-state index >= 15 is 0 Å². The van der Waals surface area contributed by atoms with Gasteiger partial charge in [-0.2, -0.15) is 5.10 Å². The molecule has 4 heterocycles. The molecule has 2 aliphatic heterocycles. The lowest BCUT2D eigenvalue weighted by molar-refractivity contribution is -0.274. The summed E-state index contributed by atoms with van der Waals surface area (Å²) in [5.41, 5.74) is 1.93. The number of nitrogens with zero attached hydrogens (tertiary/aromatic N) is 5. The molecule has 0 amide bonds. The highest BCUT2D eigenvalue weighted by atomic mass is 19.4. The van der Waals surface area contributed by atoms with Gasteiger partial charge < -0.3 is 14.4 Å². The fourth-order valence-corrected chi connectivity index (χ4v) is 4.82. The summed E-state index contributed by atoms with van der Waals surface area (Å²) in [6.07, 6.45) is 1.64. The summed E-state index contributed by atoms with van der Waals surface area (Å²) in [5.74, 6) is -0.206. The van der Waals surface area contributed by atoms with E-state index in [0.717, 1.165) is 50.1 Å². The lowest BCUT2D eigenvalue weighted by atomic mass is 10.1. The molecule has 0 bridgehead atoms. The van der Waals surface area contributed by atoms with Gasteiger partial charge in [-0.3, -0.25) is 14.6 Å². The van der Waals surface area contributed by atoms with Crippen molar-refractivity contribution in [2.45, 2.75) is 38.2 Å². The second-order valence-electron chi connectivity index (χ2n) is 8.78. The van der Waals surface area contributed by atoms with Gasteiger partial charge in [-0.1, -0.05) is 6.07 Å². The highest BCUT2D eigenvalue weighted by molar-refractivity contribution is 5.94. The zero-order valence-corrected chi connectivity index (χ0v) is 18.9. The lowest BCUT2D eigenvalue weighted by Crippen LogP contribution is -2.31. The fraction of sp³-hybridized carbons (Fsp3) is 0.500. The molecular formula is C24H28F3N5O2. The number of pyridine rings is 1. The maximum Gasteiger partial charge on any atom is 0.573 e. The number of anilines is 1. The highest BCUT2D eigenvalue weighted by Crippen LogP contribution is 2.38. The number of halogens is 3. The summed E-state index contributed by atoms with van der Waals surface area (Å²) in [7, 11) is 0. The predicted octanol–water partition coefficient (Wildman–Crippen LogP) is 4.39. The maximum absolute atomic E-state index is 13.1. The molecular weight excluding hydrogens is 447 g/mol. The Balaban J connectivity index is 1.31. The van der Waals surface area contributed by atoms with Gasteiger partial charge in [-0.15, -0.1) is 13.2 Å². The monoisotopic (exact) mass is 475 g/mol. The summed E-state index contributed by atoms with van der Waals surface area (Å²) in [6.45, 7) is 4.99. The van der Waals surface area contributed by atoms with Gasteiger partial charge in [0, 0.05) is 63.7 Å². The Labute approximate surface area is 196 Å². The SMILES string of the molecule is FC(F)(F)Oc1ccc2cccnc2c1N1CCCN(Cc2ccn(C3CCOCC3)n2)CC1. The highest BCUT2D eigenvalue weighted by Gasteiger charge is 2.34. The van der Waals surface area contributed by atoms with E-state index in [9.17, 15) is 13.2 Å². The Morgan fingerprint density at radius 2 is 1.88 bits per heavy atom. The van der Waals surface area contributed by atoms with Crippen molar-refractivity contribution in [2.75, 3.05) is 44.3 Å². The second-order valence-corrected chi connectivity index (χ2v) is 8.78. The van der Waals surface area contributed by atoms with Crippen LogP contribution in [0.2, 0.25) is 0 Å². The Hall–Kier alpha value is -2.85. The summed E-state index contributed by atoms with van der Waals surface area (Å²) in [4.78, 5) is 8.66. The van der Waals surface area contributed by atoms with Crippen molar-refractivity contribution in [3.63, 3.8) is 0 Å². The molecule has 34 heavy (non-hydrogen) atoms. The molecule has 0 spiro atoms. The minimum atomic E-state index is -4.77. The van der Waals surface area contributed by atoms with Crippen molar-refractivity contribution in [1.29, 1.82) is 0 Å². The fourth-order valence-electron chi connectivity index (χ4n) is 4.82. The summed E-state index contributed by atoms with van der Waals surface area (Å²) < 4.78 is 51.3. The van der Waals surface area contributed by atoms with E-state index in [-0.39, 0.29) is 5.75 Å². The van der Waals surface area contributed by atoms with Gasteiger partial charge in [0.15, 0.2) is 5.75 Å². The van der Waals surface area contributed by atoms with Gasteiger partial charge in [0.1, 0.15) is 5.69 Å². The zero-order chi connectivity index (χ0) is 23.5. The summed E-state index contributed by atoms with van der Waals surface area (Å²) >= 11 is 0. The first-order valence-corrected chi connectivity index (χ1v) is 11.7. The van der Waals surface area contributed by atoms with Crippen LogP contribution in [0.3, 0.4) is 0 Å². The van der Waals surface area contributed by atoms with E-state index in [1.165, 1.54) is 6.07 Å². The first kappa shape index (κ1) is 22.9. The van der Waals surface area contributed by atoms with Gasteiger partial charge in [-0.05, 0) is 43.5 Å². The summed E-state index contributed by atoms with van der Waals surface area (Å²) in [5, 5.41) is 5.57. The predicted molar refractivity (Wildman–Crippen MR) is 122 cm³/mol. The van der Waals surface area contributed by atoms with E-state index in [0.29, 0.717) is 43.4 Å². The van der Waals surface area contributed by atoms with Crippen LogP contribution < -0.4 is 9.64 Å². The maximum atomic E-state index is 13.1. The molecule has 2 aliphatic rings. The van der Waals surface area contributed by atoms with Crippen molar-refractivity contribution in [3.05, 3.63) is 48.4 Å². The Bertz CT molecular complexity index is 1110. The third-order valence-electron chi connectivity index (χ3n) is 6.46. The van der Waals surface area contributed by atoms with E-state index in [1.807, 2.05) is 21.8 Å². The van der Waals surface area contributed by atoms with Crippen LogP contribution >= 0.6 is 0 Å². The molecule has 0 atom stereocenters. The van der Waals surface area contributed by atoms with Crippen molar-refractivity contribution in [3.8, 4) is 5.75 Å². The number of ether oxygens (including phenoxy) is 2.